The first-order chi connectivity index (χ1) is 11.6. The van der Waals surface area contributed by atoms with Crippen molar-refractivity contribution in [1.29, 1.82) is 0 Å². The Balaban J connectivity index is 1.99. The second-order valence-corrected chi connectivity index (χ2v) is 5.01. The van der Waals surface area contributed by atoms with Crippen molar-refractivity contribution >= 4 is 28.4 Å². The molecule has 0 fully saturated rings. The van der Waals surface area contributed by atoms with E-state index in [2.05, 4.69) is 15.3 Å². The highest BCUT2D eigenvalue weighted by molar-refractivity contribution is 5.92. The molecule has 0 atom stereocenters. The van der Waals surface area contributed by atoms with Crippen LogP contribution < -0.4 is 25.3 Å². The maximum absolute atomic E-state index is 6.06. The van der Waals surface area contributed by atoms with Crippen LogP contribution in [-0.4, -0.2) is 31.3 Å². The van der Waals surface area contributed by atoms with Crippen LogP contribution in [0.25, 0.3) is 10.9 Å². The predicted molar refractivity (Wildman–Crippen MR) is 93.3 cm³/mol. The minimum atomic E-state index is 0.358. The van der Waals surface area contributed by atoms with Gasteiger partial charge in [0.25, 0.3) is 0 Å². The SMILES string of the molecule is COc1ccc(Nc2nc(N)c3cc(OC)c(OC)cc3n2)cc1. The summed E-state index contributed by atoms with van der Waals surface area (Å²) in [7, 11) is 4.77. The molecule has 3 aromatic rings. The van der Waals surface area contributed by atoms with Crippen LogP contribution in [0.5, 0.6) is 17.2 Å². The molecule has 0 aliphatic heterocycles. The number of nitrogens with one attached hydrogen (secondary N) is 1. The third-order valence-electron chi connectivity index (χ3n) is 3.58. The largest absolute Gasteiger partial charge is 0.497 e. The zero-order valence-corrected chi connectivity index (χ0v) is 13.7. The third-order valence-corrected chi connectivity index (χ3v) is 3.58. The van der Waals surface area contributed by atoms with Gasteiger partial charge in [-0.2, -0.15) is 4.98 Å². The molecule has 0 unspecified atom stereocenters. The van der Waals surface area contributed by atoms with Gasteiger partial charge >= 0.3 is 0 Å². The molecular formula is C17H18N4O3. The summed E-state index contributed by atoms with van der Waals surface area (Å²) in [6.45, 7) is 0. The molecule has 0 aliphatic carbocycles. The standard InChI is InChI=1S/C17H18N4O3/c1-22-11-6-4-10(5-7-11)19-17-20-13-9-15(24-3)14(23-2)8-12(13)16(18)21-17/h4-9H,1-3H3,(H3,18,19,20,21). The number of nitrogens with zero attached hydrogens (tertiary/aromatic N) is 2. The minimum Gasteiger partial charge on any atom is -0.497 e. The van der Waals surface area contributed by atoms with Gasteiger partial charge in [-0.25, -0.2) is 4.98 Å². The molecule has 3 rings (SSSR count). The van der Waals surface area contributed by atoms with Crippen LogP contribution in [0.15, 0.2) is 36.4 Å². The van der Waals surface area contributed by atoms with E-state index in [1.165, 1.54) is 0 Å². The van der Waals surface area contributed by atoms with Crippen LogP contribution in [0.1, 0.15) is 0 Å². The fourth-order valence-corrected chi connectivity index (χ4v) is 2.34. The fraction of sp³-hybridized carbons (Fsp3) is 0.176. The number of rotatable bonds is 5. The molecule has 1 aromatic heterocycles. The highest BCUT2D eigenvalue weighted by Crippen LogP contribution is 2.34. The fourth-order valence-electron chi connectivity index (χ4n) is 2.34. The normalized spacial score (nSPS) is 10.5. The Hall–Kier alpha value is -3.22. The first kappa shape index (κ1) is 15.7. The third kappa shape index (κ3) is 2.96. The van der Waals surface area contributed by atoms with Crippen LogP contribution in [-0.2, 0) is 0 Å². The molecule has 0 saturated carbocycles. The number of anilines is 3. The van der Waals surface area contributed by atoms with Gasteiger partial charge in [-0.1, -0.05) is 0 Å². The molecule has 0 bridgehead atoms. The summed E-state index contributed by atoms with van der Waals surface area (Å²) >= 11 is 0. The van der Waals surface area contributed by atoms with Crippen molar-refractivity contribution in [1.82, 2.24) is 9.97 Å². The molecule has 1 heterocycles. The molecule has 0 spiro atoms. The van der Waals surface area contributed by atoms with Crippen molar-refractivity contribution in [2.75, 3.05) is 32.4 Å². The second-order valence-electron chi connectivity index (χ2n) is 5.01. The van der Waals surface area contributed by atoms with E-state index in [-0.39, 0.29) is 0 Å². The Morgan fingerprint density at radius 2 is 1.54 bits per heavy atom. The molecule has 3 N–H and O–H groups in total. The van der Waals surface area contributed by atoms with Gasteiger partial charge in [-0.15, -0.1) is 0 Å². The molecule has 0 amide bonds. The number of benzene rings is 2. The smallest absolute Gasteiger partial charge is 0.229 e. The Kier molecular flexibility index (Phi) is 4.24. The Morgan fingerprint density at radius 1 is 0.875 bits per heavy atom. The van der Waals surface area contributed by atoms with Crippen molar-refractivity contribution in [2.24, 2.45) is 0 Å². The molecule has 24 heavy (non-hydrogen) atoms. The van der Waals surface area contributed by atoms with Gasteiger partial charge < -0.3 is 25.3 Å². The topological polar surface area (TPSA) is 91.5 Å². The van der Waals surface area contributed by atoms with Crippen molar-refractivity contribution in [3.8, 4) is 17.2 Å². The lowest BCUT2D eigenvalue weighted by molar-refractivity contribution is 0.356. The van der Waals surface area contributed by atoms with Crippen molar-refractivity contribution in [2.45, 2.75) is 0 Å². The average molecular weight is 326 g/mol. The molecule has 7 nitrogen and oxygen atoms in total. The van der Waals surface area contributed by atoms with Crippen molar-refractivity contribution < 1.29 is 14.2 Å². The summed E-state index contributed by atoms with van der Waals surface area (Å²) in [5.74, 6) is 2.69. The Morgan fingerprint density at radius 3 is 2.17 bits per heavy atom. The maximum atomic E-state index is 6.06. The van der Waals surface area contributed by atoms with E-state index in [4.69, 9.17) is 19.9 Å². The first-order valence-electron chi connectivity index (χ1n) is 7.25. The first-order valence-corrected chi connectivity index (χ1v) is 7.25. The van der Waals surface area contributed by atoms with Crippen LogP contribution in [0.2, 0.25) is 0 Å². The van der Waals surface area contributed by atoms with Crippen LogP contribution in [0, 0.1) is 0 Å². The number of methoxy groups -OCH3 is 3. The van der Waals surface area contributed by atoms with Crippen molar-refractivity contribution in [3.05, 3.63) is 36.4 Å². The van der Waals surface area contributed by atoms with Gasteiger partial charge in [0.1, 0.15) is 11.6 Å². The molecular weight excluding hydrogens is 308 g/mol. The van der Waals surface area contributed by atoms with E-state index in [1.807, 2.05) is 24.3 Å². The lowest BCUT2D eigenvalue weighted by Crippen LogP contribution is -2.02. The van der Waals surface area contributed by atoms with E-state index < -0.39 is 0 Å². The Labute approximate surface area is 139 Å². The van der Waals surface area contributed by atoms with E-state index in [9.17, 15) is 0 Å². The van der Waals surface area contributed by atoms with Crippen LogP contribution in [0.4, 0.5) is 17.5 Å². The molecule has 0 aliphatic rings. The monoisotopic (exact) mass is 326 g/mol. The van der Waals surface area contributed by atoms with Gasteiger partial charge in [0, 0.05) is 17.1 Å². The lowest BCUT2D eigenvalue weighted by Gasteiger charge is -2.12. The van der Waals surface area contributed by atoms with Gasteiger partial charge in [0.2, 0.25) is 5.95 Å². The number of nitrogen functional groups attached to an aromatic ring is 1. The molecule has 124 valence electrons. The summed E-state index contributed by atoms with van der Waals surface area (Å²) < 4.78 is 15.7. The summed E-state index contributed by atoms with van der Waals surface area (Å²) in [5.41, 5.74) is 7.56. The zero-order valence-electron chi connectivity index (χ0n) is 13.7. The number of hydrogen-bond donors (Lipinski definition) is 2. The molecule has 0 saturated heterocycles. The van der Waals surface area contributed by atoms with Gasteiger partial charge in [-0.05, 0) is 30.3 Å². The quantitative estimate of drug-likeness (QED) is 0.744. The molecule has 0 radical (unpaired) electrons. The van der Waals surface area contributed by atoms with E-state index in [0.717, 1.165) is 11.4 Å². The van der Waals surface area contributed by atoms with E-state index in [1.54, 1.807) is 33.5 Å². The maximum Gasteiger partial charge on any atom is 0.229 e. The number of nitrogens with two attached hydrogens (primary N) is 1. The highest BCUT2D eigenvalue weighted by atomic mass is 16.5. The summed E-state index contributed by atoms with van der Waals surface area (Å²) in [5, 5.41) is 3.83. The minimum absolute atomic E-state index is 0.358. The highest BCUT2D eigenvalue weighted by Gasteiger charge is 2.11. The molecule has 2 aromatic carbocycles. The number of ether oxygens (including phenoxy) is 3. The van der Waals surface area contributed by atoms with Crippen LogP contribution >= 0.6 is 0 Å². The Bertz CT molecular complexity index is 866. The number of fused-ring (bicyclic) bond motifs is 1. The van der Waals surface area contributed by atoms with E-state index in [0.29, 0.717) is 34.2 Å². The summed E-state index contributed by atoms with van der Waals surface area (Å²) in [6.07, 6.45) is 0. The summed E-state index contributed by atoms with van der Waals surface area (Å²) in [4.78, 5) is 8.79. The predicted octanol–water partition coefficient (Wildman–Crippen LogP) is 2.98. The average Bonchev–Trinajstić information content (AvgIpc) is 2.61. The van der Waals surface area contributed by atoms with Gasteiger partial charge in [0.05, 0.1) is 26.8 Å². The zero-order chi connectivity index (χ0) is 17.1. The number of hydrogen-bond acceptors (Lipinski definition) is 7. The van der Waals surface area contributed by atoms with Gasteiger partial charge in [-0.3, -0.25) is 0 Å². The summed E-state index contributed by atoms with van der Waals surface area (Å²) in [6, 6.07) is 11.0. The van der Waals surface area contributed by atoms with Crippen LogP contribution in [0.3, 0.4) is 0 Å². The van der Waals surface area contributed by atoms with E-state index >= 15 is 0 Å². The van der Waals surface area contributed by atoms with Gasteiger partial charge in [0.15, 0.2) is 11.5 Å². The van der Waals surface area contributed by atoms with Crippen molar-refractivity contribution in [3.63, 3.8) is 0 Å². The lowest BCUT2D eigenvalue weighted by atomic mass is 10.2. The number of aromatic nitrogens is 2. The second kappa shape index (κ2) is 6.49. The molecule has 7 heteroatoms.